The van der Waals surface area contributed by atoms with Gasteiger partial charge >= 0.3 is 0 Å². The molecule has 0 aromatic carbocycles. The molecule has 0 unspecified atom stereocenters. The average Bonchev–Trinajstić information content (AvgIpc) is 3.51. The Balaban J connectivity index is 1.54. The summed E-state index contributed by atoms with van der Waals surface area (Å²) < 4.78 is 1.81. The van der Waals surface area contributed by atoms with Crippen molar-refractivity contribution in [2.75, 3.05) is 5.32 Å². The maximum absolute atomic E-state index is 12.2. The molecule has 1 aliphatic carbocycles. The summed E-state index contributed by atoms with van der Waals surface area (Å²) in [5, 5.41) is 3.64. The summed E-state index contributed by atoms with van der Waals surface area (Å²) in [6, 6.07) is 9.21. The van der Waals surface area contributed by atoms with E-state index in [9.17, 15) is 9.59 Å². The zero-order valence-corrected chi connectivity index (χ0v) is 16.8. The number of H-pyrrole nitrogens is 1. The van der Waals surface area contributed by atoms with Gasteiger partial charge < -0.3 is 14.9 Å². The van der Waals surface area contributed by atoms with Gasteiger partial charge in [0, 0.05) is 59.5 Å². The molecule has 0 aliphatic heterocycles. The molecule has 1 fully saturated rings. The molecule has 7 heteroatoms. The van der Waals surface area contributed by atoms with Crippen LogP contribution in [0, 0.1) is 5.92 Å². The second kappa shape index (κ2) is 7.68. The first kappa shape index (κ1) is 19.0. The van der Waals surface area contributed by atoms with Gasteiger partial charge in [-0.15, -0.1) is 0 Å². The third-order valence-electron chi connectivity index (χ3n) is 5.51. The lowest BCUT2D eigenvalue weighted by Gasteiger charge is -2.08. The number of pyridine rings is 3. The fraction of sp³-hybridized carbons (Fsp3) is 0.167. The van der Waals surface area contributed by atoms with E-state index in [1.807, 2.05) is 24.5 Å². The molecular formula is C24H21N5O2. The molecule has 0 saturated heterocycles. The maximum atomic E-state index is 12.2. The number of nitrogens with zero attached hydrogens (tertiary/aromatic N) is 3. The number of aromatic nitrogens is 4. The van der Waals surface area contributed by atoms with Crippen molar-refractivity contribution in [1.29, 1.82) is 0 Å². The summed E-state index contributed by atoms with van der Waals surface area (Å²) in [4.78, 5) is 35.8. The molecule has 0 radical (unpaired) electrons. The second-order valence-corrected chi connectivity index (χ2v) is 7.80. The number of aromatic amines is 1. The Morgan fingerprint density at radius 2 is 2.06 bits per heavy atom. The van der Waals surface area contributed by atoms with Gasteiger partial charge in [0.25, 0.3) is 5.56 Å². The number of fused-ring (bicyclic) bond motifs is 1. The fourth-order valence-corrected chi connectivity index (χ4v) is 3.67. The molecule has 4 heterocycles. The van der Waals surface area contributed by atoms with Crippen LogP contribution in [0.25, 0.3) is 33.3 Å². The van der Waals surface area contributed by atoms with Gasteiger partial charge in [0.1, 0.15) is 11.5 Å². The lowest BCUT2D eigenvalue weighted by Crippen LogP contribution is -2.19. The van der Waals surface area contributed by atoms with Crippen LogP contribution in [0.15, 0.2) is 72.6 Å². The number of hydrogen-bond donors (Lipinski definition) is 2. The second-order valence-electron chi connectivity index (χ2n) is 7.80. The Hall–Kier alpha value is -4.00. The Morgan fingerprint density at radius 3 is 2.87 bits per heavy atom. The SMILES string of the molecule is C=CC(=O)Nc1cc(-c2cnc3[nH]cc(-c4ccc(=O)n(CC5CC5)c4)c3c2)ccn1. The van der Waals surface area contributed by atoms with Crippen LogP contribution >= 0.6 is 0 Å². The van der Waals surface area contributed by atoms with Crippen molar-refractivity contribution < 1.29 is 4.79 Å². The van der Waals surface area contributed by atoms with Crippen LogP contribution in [0.1, 0.15) is 12.8 Å². The van der Waals surface area contributed by atoms with Gasteiger partial charge in [0.2, 0.25) is 5.91 Å². The van der Waals surface area contributed by atoms with E-state index in [1.54, 1.807) is 29.1 Å². The van der Waals surface area contributed by atoms with Crippen LogP contribution in [0.5, 0.6) is 0 Å². The number of hydrogen-bond acceptors (Lipinski definition) is 4. The minimum Gasteiger partial charge on any atom is -0.346 e. The van der Waals surface area contributed by atoms with Gasteiger partial charge in [-0.2, -0.15) is 0 Å². The van der Waals surface area contributed by atoms with Crippen LogP contribution in [0.4, 0.5) is 5.82 Å². The third-order valence-corrected chi connectivity index (χ3v) is 5.51. The summed E-state index contributed by atoms with van der Waals surface area (Å²) in [5.74, 6) is 0.753. The standard InChI is InChI=1S/C24H21N5O2/c1-2-22(30)28-21-10-16(7-8-25-21)18-9-19-20(12-27-24(19)26-11-18)17-5-6-23(31)29(14-17)13-15-3-4-15/h2,5-12,14-15H,1,3-4,13H2,(H,26,27)(H,25,28,30). The van der Waals surface area contributed by atoms with Gasteiger partial charge in [-0.3, -0.25) is 9.59 Å². The minimum absolute atomic E-state index is 0.0280. The average molecular weight is 411 g/mol. The zero-order chi connectivity index (χ0) is 21.4. The summed E-state index contributed by atoms with van der Waals surface area (Å²) in [6.07, 6.45) is 10.9. The van der Waals surface area contributed by atoms with Gasteiger partial charge in [0.05, 0.1) is 0 Å². The van der Waals surface area contributed by atoms with E-state index in [0.29, 0.717) is 11.7 Å². The number of carbonyl (C=O) groups is 1. The van der Waals surface area contributed by atoms with E-state index >= 15 is 0 Å². The molecule has 1 saturated carbocycles. The van der Waals surface area contributed by atoms with Gasteiger partial charge in [-0.1, -0.05) is 6.58 Å². The number of amides is 1. The zero-order valence-electron chi connectivity index (χ0n) is 16.8. The van der Waals surface area contributed by atoms with Crippen LogP contribution < -0.4 is 10.9 Å². The van der Waals surface area contributed by atoms with Crippen molar-refractivity contribution in [2.24, 2.45) is 5.92 Å². The summed E-state index contributed by atoms with van der Waals surface area (Å²) in [7, 11) is 0. The van der Waals surface area contributed by atoms with Crippen molar-refractivity contribution >= 4 is 22.8 Å². The lowest BCUT2D eigenvalue weighted by molar-refractivity contribution is -0.111. The molecule has 0 atom stereocenters. The highest BCUT2D eigenvalue weighted by Gasteiger charge is 2.22. The third kappa shape index (κ3) is 3.90. The molecule has 7 nitrogen and oxygen atoms in total. The van der Waals surface area contributed by atoms with Crippen molar-refractivity contribution in [3.8, 4) is 22.3 Å². The molecule has 31 heavy (non-hydrogen) atoms. The van der Waals surface area contributed by atoms with Crippen molar-refractivity contribution in [2.45, 2.75) is 19.4 Å². The van der Waals surface area contributed by atoms with E-state index in [4.69, 9.17) is 0 Å². The Bertz CT molecular complexity index is 1360. The molecule has 4 aromatic heterocycles. The maximum Gasteiger partial charge on any atom is 0.250 e. The highest BCUT2D eigenvalue weighted by atomic mass is 16.1. The monoisotopic (exact) mass is 411 g/mol. The number of carbonyl (C=O) groups excluding carboxylic acids is 1. The first-order chi connectivity index (χ1) is 15.1. The Morgan fingerprint density at radius 1 is 1.19 bits per heavy atom. The first-order valence-corrected chi connectivity index (χ1v) is 10.2. The quantitative estimate of drug-likeness (QED) is 0.469. The van der Waals surface area contributed by atoms with Crippen LogP contribution in [-0.2, 0) is 11.3 Å². The summed E-state index contributed by atoms with van der Waals surface area (Å²) in [6.45, 7) is 4.23. The van der Waals surface area contributed by atoms with E-state index in [-0.39, 0.29) is 11.5 Å². The highest BCUT2D eigenvalue weighted by Crippen LogP contribution is 2.33. The Kier molecular flexibility index (Phi) is 4.71. The highest BCUT2D eigenvalue weighted by molar-refractivity contribution is 5.99. The molecule has 4 aromatic rings. The Labute approximate surface area is 178 Å². The van der Waals surface area contributed by atoms with E-state index in [1.165, 1.54) is 18.9 Å². The van der Waals surface area contributed by atoms with Crippen molar-refractivity contribution in [3.05, 3.63) is 78.1 Å². The lowest BCUT2D eigenvalue weighted by atomic mass is 10.0. The molecule has 1 amide bonds. The van der Waals surface area contributed by atoms with E-state index < -0.39 is 0 Å². The number of anilines is 1. The fourth-order valence-electron chi connectivity index (χ4n) is 3.67. The molecule has 0 spiro atoms. The molecule has 0 bridgehead atoms. The first-order valence-electron chi connectivity index (χ1n) is 10.2. The van der Waals surface area contributed by atoms with Crippen LogP contribution in [0.3, 0.4) is 0 Å². The van der Waals surface area contributed by atoms with E-state index in [0.717, 1.165) is 39.8 Å². The van der Waals surface area contributed by atoms with Crippen molar-refractivity contribution in [1.82, 2.24) is 19.5 Å². The number of rotatable bonds is 6. The molecule has 5 rings (SSSR count). The molecule has 2 N–H and O–H groups in total. The minimum atomic E-state index is -0.313. The van der Waals surface area contributed by atoms with E-state index in [2.05, 4.69) is 32.9 Å². The van der Waals surface area contributed by atoms with Gasteiger partial charge in [-0.05, 0) is 54.7 Å². The van der Waals surface area contributed by atoms with Gasteiger partial charge in [0.15, 0.2) is 0 Å². The molecular weight excluding hydrogens is 390 g/mol. The topological polar surface area (TPSA) is 92.7 Å². The molecule has 154 valence electrons. The molecule has 1 aliphatic rings. The van der Waals surface area contributed by atoms with Crippen LogP contribution in [0.2, 0.25) is 0 Å². The summed E-state index contributed by atoms with van der Waals surface area (Å²) in [5.41, 5.74) is 4.54. The number of nitrogens with one attached hydrogen (secondary N) is 2. The predicted octanol–water partition coefficient (Wildman–Crippen LogP) is 3.99. The predicted molar refractivity (Wildman–Crippen MR) is 121 cm³/mol. The normalized spacial score (nSPS) is 13.3. The van der Waals surface area contributed by atoms with Crippen molar-refractivity contribution in [3.63, 3.8) is 0 Å². The summed E-state index contributed by atoms with van der Waals surface area (Å²) >= 11 is 0. The largest absolute Gasteiger partial charge is 0.346 e. The van der Waals surface area contributed by atoms with Gasteiger partial charge in [-0.25, -0.2) is 9.97 Å². The smallest absolute Gasteiger partial charge is 0.250 e. The van der Waals surface area contributed by atoms with Crippen LogP contribution in [-0.4, -0.2) is 25.4 Å².